The number of methoxy groups -OCH3 is 1. The second kappa shape index (κ2) is 5.26. The van der Waals surface area contributed by atoms with E-state index in [1.807, 2.05) is 0 Å². The van der Waals surface area contributed by atoms with E-state index in [-0.39, 0.29) is 0 Å². The molecule has 0 radical (unpaired) electrons. The van der Waals surface area contributed by atoms with E-state index in [0.29, 0.717) is 0 Å². The van der Waals surface area contributed by atoms with Gasteiger partial charge in [-0.1, -0.05) is 5.11 Å². The van der Waals surface area contributed by atoms with E-state index in [2.05, 4.69) is 10.0 Å². The molecular weight excluding hydrogens is 206 g/mol. The van der Waals surface area contributed by atoms with Gasteiger partial charge in [-0.3, -0.25) is 0 Å². The van der Waals surface area contributed by atoms with Crippen molar-refractivity contribution >= 4 is 0 Å². The molecule has 1 aliphatic rings. The maximum Gasteiger partial charge on any atom is 0.168 e. The number of aliphatic hydroxyl groups excluding tert-OH is 3. The third kappa shape index (κ3) is 2.37. The van der Waals surface area contributed by atoms with E-state index in [1.165, 1.54) is 7.11 Å². The normalized spacial score (nSPS) is 40.9. The van der Waals surface area contributed by atoms with Crippen LogP contribution in [0.4, 0.5) is 0 Å². The minimum Gasteiger partial charge on any atom is -0.394 e. The summed E-state index contributed by atoms with van der Waals surface area (Å²) in [5.74, 6) is 0. The van der Waals surface area contributed by atoms with Gasteiger partial charge in [0.25, 0.3) is 0 Å². The van der Waals surface area contributed by atoms with Crippen molar-refractivity contribution in [3.05, 3.63) is 10.4 Å². The highest BCUT2D eigenvalue weighted by Crippen LogP contribution is 2.23. The molecule has 0 spiro atoms. The number of hydrogen-bond acceptors (Lipinski definition) is 6. The largest absolute Gasteiger partial charge is 0.394 e. The van der Waals surface area contributed by atoms with Crippen molar-refractivity contribution < 1.29 is 24.8 Å². The third-order valence-electron chi connectivity index (χ3n) is 2.27. The minimum absolute atomic E-state index is 0.457. The van der Waals surface area contributed by atoms with Gasteiger partial charge in [0.05, 0.1) is 12.7 Å². The Morgan fingerprint density at radius 2 is 2.13 bits per heavy atom. The molecular formula is C7H13N3O5. The number of aliphatic hydroxyl groups is 3. The molecule has 1 fully saturated rings. The van der Waals surface area contributed by atoms with E-state index in [0.717, 1.165) is 0 Å². The first-order valence-electron chi connectivity index (χ1n) is 4.35. The molecule has 0 aromatic heterocycles. The lowest BCUT2D eigenvalue weighted by molar-refractivity contribution is -0.257. The van der Waals surface area contributed by atoms with E-state index in [4.69, 9.17) is 20.1 Å². The highest BCUT2D eigenvalue weighted by Gasteiger charge is 2.43. The zero-order valence-corrected chi connectivity index (χ0v) is 8.09. The molecule has 0 bridgehead atoms. The highest BCUT2D eigenvalue weighted by atomic mass is 16.7. The summed E-state index contributed by atoms with van der Waals surface area (Å²) in [4.78, 5) is 2.52. The average molecular weight is 219 g/mol. The summed E-state index contributed by atoms with van der Waals surface area (Å²) < 4.78 is 9.92. The zero-order chi connectivity index (χ0) is 11.4. The van der Waals surface area contributed by atoms with Crippen molar-refractivity contribution in [3.8, 4) is 0 Å². The van der Waals surface area contributed by atoms with Gasteiger partial charge in [0.1, 0.15) is 18.2 Å². The molecule has 1 rings (SSSR count). The Balaban J connectivity index is 2.83. The Morgan fingerprint density at radius 3 is 2.60 bits per heavy atom. The Morgan fingerprint density at radius 1 is 1.47 bits per heavy atom. The molecule has 0 amide bonds. The molecule has 15 heavy (non-hydrogen) atoms. The standard InChI is InChI=1S/C7H13N3O5/c1-14-7-4(9-10-8)6(13)5(12)3(2-11)15-7/h3-7,11-13H,2H2,1H3/t3-,4?,5+,6-,7-/m1/s1. The van der Waals surface area contributed by atoms with Crippen molar-refractivity contribution in [2.75, 3.05) is 13.7 Å². The van der Waals surface area contributed by atoms with Crippen molar-refractivity contribution in [1.29, 1.82) is 0 Å². The SMILES string of the molecule is CO[C@@H]1O[C@H](CO)[C@H](O)[C@H](O)C1N=[N+]=[N-]. The van der Waals surface area contributed by atoms with Gasteiger partial charge in [-0.05, 0) is 5.53 Å². The van der Waals surface area contributed by atoms with Crippen LogP contribution in [-0.4, -0.2) is 59.7 Å². The van der Waals surface area contributed by atoms with Crippen molar-refractivity contribution in [3.63, 3.8) is 0 Å². The van der Waals surface area contributed by atoms with Gasteiger partial charge >= 0.3 is 0 Å². The molecule has 1 unspecified atom stereocenters. The summed E-state index contributed by atoms with van der Waals surface area (Å²) in [6.45, 7) is -0.457. The van der Waals surface area contributed by atoms with E-state index in [9.17, 15) is 10.2 Å². The number of ether oxygens (including phenoxy) is 2. The lowest BCUT2D eigenvalue weighted by atomic mass is 9.98. The van der Waals surface area contributed by atoms with Gasteiger partial charge in [0.2, 0.25) is 0 Å². The fourth-order valence-corrected chi connectivity index (χ4v) is 1.44. The van der Waals surface area contributed by atoms with Gasteiger partial charge in [0, 0.05) is 12.0 Å². The van der Waals surface area contributed by atoms with E-state index < -0.39 is 37.3 Å². The first kappa shape index (κ1) is 12.2. The Kier molecular flexibility index (Phi) is 4.28. The second-order valence-corrected chi connectivity index (χ2v) is 3.14. The lowest BCUT2D eigenvalue weighted by Gasteiger charge is -2.39. The van der Waals surface area contributed by atoms with Crippen LogP contribution in [0.25, 0.3) is 10.4 Å². The maximum absolute atomic E-state index is 9.59. The lowest BCUT2D eigenvalue weighted by Crippen LogP contribution is -2.58. The minimum atomic E-state index is -1.32. The van der Waals surface area contributed by atoms with Gasteiger partial charge in [-0.25, -0.2) is 0 Å². The molecule has 1 aliphatic heterocycles. The zero-order valence-electron chi connectivity index (χ0n) is 8.09. The van der Waals surface area contributed by atoms with E-state index >= 15 is 0 Å². The molecule has 0 aliphatic carbocycles. The monoisotopic (exact) mass is 219 g/mol. The van der Waals surface area contributed by atoms with Crippen LogP contribution >= 0.6 is 0 Å². The molecule has 5 atom stereocenters. The summed E-state index contributed by atoms with van der Waals surface area (Å²) in [5, 5.41) is 31.2. The Labute approximate surface area is 85.7 Å². The summed E-state index contributed by atoms with van der Waals surface area (Å²) in [7, 11) is 1.31. The highest BCUT2D eigenvalue weighted by molar-refractivity contribution is 4.93. The van der Waals surface area contributed by atoms with Crippen LogP contribution in [0, 0.1) is 0 Å². The Bertz CT molecular complexity index is 255. The average Bonchev–Trinajstić information content (AvgIpc) is 2.25. The molecule has 1 saturated heterocycles. The molecule has 0 saturated carbocycles. The fourth-order valence-electron chi connectivity index (χ4n) is 1.44. The molecule has 0 aromatic carbocycles. The third-order valence-corrected chi connectivity index (χ3v) is 2.27. The second-order valence-electron chi connectivity index (χ2n) is 3.14. The molecule has 3 N–H and O–H groups in total. The van der Waals surface area contributed by atoms with Crippen LogP contribution in [0.3, 0.4) is 0 Å². The van der Waals surface area contributed by atoms with Crippen LogP contribution < -0.4 is 0 Å². The van der Waals surface area contributed by atoms with Gasteiger partial charge in [0.15, 0.2) is 6.29 Å². The molecule has 86 valence electrons. The van der Waals surface area contributed by atoms with Crippen LogP contribution in [0.15, 0.2) is 5.11 Å². The Hall–Kier alpha value is -0.890. The quantitative estimate of drug-likeness (QED) is 0.310. The van der Waals surface area contributed by atoms with Crippen molar-refractivity contribution in [2.45, 2.75) is 30.6 Å². The number of hydrogen-bond donors (Lipinski definition) is 3. The van der Waals surface area contributed by atoms with Gasteiger partial charge in [-0.15, -0.1) is 0 Å². The maximum atomic E-state index is 9.59. The molecule has 8 heteroatoms. The van der Waals surface area contributed by atoms with Crippen molar-refractivity contribution in [2.24, 2.45) is 5.11 Å². The van der Waals surface area contributed by atoms with Gasteiger partial charge < -0.3 is 24.8 Å². The predicted molar refractivity (Wildman–Crippen MR) is 47.7 cm³/mol. The fraction of sp³-hybridized carbons (Fsp3) is 1.00. The van der Waals surface area contributed by atoms with Crippen LogP contribution in [0.2, 0.25) is 0 Å². The molecule has 8 nitrogen and oxygen atoms in total. The first-order chi connectivity index (χ1) is 7.15. The van der Waals surface area contributed by atoms with Crippen LogP contribution in [0.1, 0.15) is 0 Å². The smallest absolute Gasteiger partial charge is 0.168 e. The molecule has 0 aromatic rings. The topological polar surface area (TPSA) is 128 Å². The summed E-state index contributed by atoms with van der Waals surface area (Å²) in [5.41, 5.74) is 8.26. The summed E-state index contributed by atoms with van der Waals surface area (Å²) in [6, 6.07) is -1.03. The van der Waals surface area contributed by atoms with Crippen LogP contribution in [0.5, 0.6) is 0 Å². The predicted octanol–water partition coefficient (Wildman–Crippen LogP) is -1.25. The summed E-state index contributed by atoms with van der Waals surface area (Å²) >= 11 is 0. The number of rotatable bonds is 3. The van der Waals surface area contributed by atoms with Gasteiger partial charge in [-0.2, -0.15) is 0 Å². The first-order valence-corrected chi connectivity index (χ1v) is 4.35. The van der Waals surface area contributed by atoms with E-state index in [1.54, 1.807) is 0 Å². The van der Waals surface area contributed by atoms with Crippen LogP contribution in [-0.2, 0) is 9.47 Å². The number of nitrogens with zero attached hydrogens (tertiary/aromatic N) is 3. The summed E-state index contributed by atoms with van der Waals surface area (Å²) in [6.07, 6.45) is -4.56. The van der Waals surface area contributed by atoms with Crippen molar-refractivity contribution in [1.82, 2.24) is 0 Å². The molecule has 1 heterocycles. The number of azide groups is 1.